The molecular weight excluding hydrogens is 278 g/mol. The van der Waals surface area contributed by atoms with Crippen LogP contribution in [0, 0.1) is 0 Å². The molecule has 0 fully saturated rings. The number of hydrogen-bond donors (Lipinski definition) is 2. The van der Waals surface area contributed by atoms with E-state index in [4.69, 9.17) is 0 Å². The van der Waals surface area contributed by atoms with Crippen LogP contribution in [0.1, 0.15) is 27.7 Å². The van der Waals surface area contributed by atoms with Crippen LogP contribution in [0.3, 0.4) is 0 Å². The van der Waals surface area contributed by atoms with Gasteiger partial charge in [0.05, 0.1) is 5.69 Å². The number of pyridine rings is 1. The zero-order chi connectivity index (χ0) is 15.9. The van der Waals surface area contributed by atoms with E-state index in [1.165, 1.54) is 0 Å². The summed E-state index contributed by atoms with van der Waals surface area (Å²) in [6.07, 6.45) is 0.804. The van der Waals surface area contributed by atoms with Crippen molar-refractivity contribution in [1.29, 1.82) is 0 Å². The highest BCUT2D eigenvalue weighted by atomic mass is 16.3. The molecule has 116 valence electrons. The molecule has 22 heavy (non-hydrogen) atoms. The monoisotopic (exact) mass is 299 g/mol. The Balaban J connectivity index is 2.01. The summed E-state index contributed by atoms with van der Waals surface area (Å²) in [6, 6.07) is 12.8. The number of nitrogens with one attached hydrogen (secondary N) is 1. The van der Waals surface area contributed by atoms with Crippen LogP contribution in [0.15, 0.2) is 48.7 Å². The molecule has 2 rings (SSSR count). The minimum atomic E-state index is -0.814. The third kappa shape index (κ3) is 4.38. The molecule has 2 aromatic rings. The summed E-state index contributed by atoms with van der Waals surface area (Å²) < 4.78 is 0. The molecule has 0 aliphatic rings. The van der Waals surface area contributed by atoms with E-state index in [0.717, 1.165) is 5.56 Å². The number of amides is 1. The van der Waals surface area contributed by atoms with E-state index in [-0.39, 0.29) is 12.5 Å². The van der Waals surface area contributed by atoms with Crippen molar-refractivity contribution in [3.8, 4) is 0 Å². The third-order valence-electron chi connectivity index (χ3n) is 3.23. The highest BCUT2D eigenvalue weighted by molar-refractivity contribution is 5.95. The van der Waals surface area contributed by atoms with Crippen molar-refractivity contribution in [1.82, 2.24) is 15.2 Å². The molecule has 1 unspecified atom stereocenters. The fourth-order valence-corrected chi connectivity index (χ4v) is 2.18. The van der Waals surface area contributed by atoms with E-state index in [9.17, 15) is 9.90 Å². The van der Waals surface area contributed by atoms with Gasteiger partial charge in [0.2, 0.25) is 0 Å². The zero-order valence-corrected chi connectivity index (χ0v) is 12.9. The van der Waals surface area contributed by atoms with E-state index in [1.807, 2.05) is 37.2 Å². The quantitative estimate of drug-likeness (QED) is 0.850. The molecule has 0 saturated carbocycles. The van der Waals surface area contributed by atoms with Crippen molar-refractivity contribution in [3.05, 3.63) is 65.5 Å². The fraction of sp³-hybridized carbons (Fsp3) is 0.294. The topological polar surface area (TPSA) is 65.5 Å². The van der Waals surface area contributed by atoms with Gasteiger partial charge in [-0.2, -0.15) is 0 Å². The molecule has 1 aromatic heterocycles. The van der Waals surface area contributed by atoms with Gasteiger partial charge in [0.15, 0.2) is 0 Å². The summed E-state index contributed by atoms with van der Waals surface area (Å²) in [5.74, 6) is -0.188. The number of aliphatic hydroxyl groups excluding tert-OH is 1. The number of carbonyl (C=O) groups is 1. The van der Waals surface area contributed by atoms with E-state index in [1.54, 1.807) is 30.5 Å². The molecule has 0 aliphatic heterocycles. The summed E-state index contributed by atoms with van der Waals surface area (Å²) >= 11 is 0. The number of aliphatic hydroxyl groups is 1. The molecule has 2 N–H and O–H groups in total. The Hall–Kier alpha value is -2.24. The molecule has 1 atom stereocenters. The summed E-state index contributed by atoms with van der Waals surface area (Å²) in [5.41, 5.74) is 2.13. The largest absolute Gasteiger partial charge is 0.385 e. The maximum absolute atomic E-state index is 12.3. The van der Waals surface area contributed by atoms with Gasteiger partial charge in [-0.25, -0.2) is 0 Å². The van der Waals surface area contributed by atoms with Crippen LogP contribution in [0.5, 0.6) is 0 Å². The first kappa shape index (κ1) is 16.1. The van der Waals surface area contributed by atoms with Gasteiger partial charge in [0.1, 0.15) is 6.10 Å². The lowest BCUT2D eigenvalue weighted by Crippen LogP contribution is -2.30. The van der Waals surface area contributed by atoms with Crippen LogP contribution >= 0.6 is 0 Å². The van der Waals surface area contributed by atoms with Crippen molar-refractivity contribution < 1.29 is 9.90 Å². The smallest absolute Gasteiger partial charge is 0.251 e. The first-order valence-corrected chi connectivity index (χ1v) is 7.17. The van der Waals surface area contributed by atoms with Gasteiger partial charge in [-0.3, -0.25) is 9.78 Å². The first-order valence-electron chi connectivity index (χ1n) is 7.17. The summed E-state index contributed by atoms with van der Waals surface area (Å²) in [7, 11) is 3.92. The van der Waals surface area contributed by atoms with Gasteiger partial charge < -0.3 is 15.3 Å². The Morgan fingerprint density at radius 2 is 1.95 bits per heavy atom. The zero-order valence-electron chi connectivity index (χ0n) is 12.9. The molecule has 1 heterocycles. The Kier molecular flexibility index (Phi) is 5.63. The second-order valence-corrected chi connectivity index (χ2v) is 5.38. The standard InChI is InChI=1S/C17H21N3O2/c1-20(2)12-13-7-3-4-8-14(13)17(22)19-11-16(21)15-9-5-6-10-18-15/h3-10,16,21H,11-12H2,1-2H3,(H,19,22). The number of benzene rings is 1. The predicted molar refractivity (Wildman–Crippen MR) is 85.4 cm³/mol. The maximum Gasteiger partial charge on any atom is 0.251 e. The molecule has 0 bridgehead atoms. The minimum Gasteiger partial charge on any atom is -0.385 e. The van der Waals surface area contributed by atoms with E-state index < -0.39 is 6.10 Å². The molecule has 5 heteroatoms. The second-order valence-electron chi connectivity index (χ2n) is 5.38. The SMILES string of the molecule is CN(C)Cc1ccccc1C(=O)NCC(O)c1ccccn1. The summed E-state index contributed by atoms with van der Waals surface area (Å²) in [6.45, 7) is 0.818. The highest BCUT2D eigenvalue weighted by Gasteiger charge is 2.14. The van der Waals surface area contributed by atoms with Gasteiger partial charge in [-0.1, -0.05) is 24.3 Å². The summed E-state index contributed by atoms with van der Waals surface area (Å²) in [5, 5.41) is 12.8. The van der Waals surface area contributed by atoms with Crippen molar-refractivity contribution in [2.45, 2.75) is 12.6 Å². The van der Waals surface area contributed by atoms with Crippen molar-refractivity contribution in [3.63, 3.8) is 0 Å². The normalized spacial score (nSPS) is 12.2. The average Bonchev–Trinajstić information content (AvgIpc) is 2.53. The maximum atomic E-state index is 12.3. The summed E-state index contributed by atoms with van der Waals surface area (Å²) in [4.78, 5) is 18.4. The van der Waals surface area contributed by atoms with Crippen LogP contribution in [-0.4, -0.2) is 41.5 Å². The molecule has 0 saturated heterocycles. The van der Waals surface area contributed by atoms with Crippen LogP contribution in [-0.2, 0) is 6.54 Å². The van der Waals surface area contributed by atoms with Gasteiger partial charge >= 0.3 is 0 Å². The highest BCUT2D eigenvalue weighted by Crippen LogP contribution is 2.12. The number of carbonyl (C=O) groups excluding carboxylic acids is 1. The number of nitrogens with zero attached hydrogens (tertiary/aromatic N) is 2. The Morgan fingerprint density at radius 3 is 2.64 bits per heavy atom. The van der Waals surface area contributed by atoms with Crippen LogP contribution < -0.4 is 5.32 Å². The molecule has 1 aromatic carbocycles. The van der Waals surface area contributed by atoms with Gasteiger partial charge in [0.25, 0.3) is 5.91 Å². The fourth-order valence-electron chi connectivity index (χ4n) is 2.18. The number of aromatic nitrogens is 1. The van der Waals surface area contributed by atoms with Gasteiger partial charge in [-0.05, 0) is 37.9 Å². The number of rotatable bonds is 6. The molecule has 0 aliphatic carbocycles. The van der Waals surface area contributed by atoms with Crippen LogP contribution in [0.4, 0.5) is 0 Å². The Bertz CT molecular complexity index is 614. The van der Waals surface area contributed by atoms with Gasteiger partial charge in [-0.15, -0.1) is 0 Å². The van der Waals surface area contributed by atoms with Crippen molar-refractivity contribution in [2.75, 3.05) is 20.6 Å². The Morgan fingerprint density at radius 1 is 1.23 bits per heavy atom. The molecule has 1 amide bonds. The lowest BCUT2D eigenvalue weighted by Gasteiger charge is -2.15. The first-order chi connectivity index (χ1) is 10.6. The molecule has 0 radical (unpaired) electrons. The second kappa shape index (κ2) is 7.68. The third-order valence-corrected chi connectivity index (χ3v) is 3.23. The van der Waals surface area contributed by atoms with Gasteiger partial charge in [0, 0.05) is 24.8 Å². The number of hydrogen-bond acceptors (Lipinski definition) is 4. The Labute approximate surface area is 130 Å². The lowest BCUT2D eigenvalue weighted by atomic mass is 10.1. The minimum absolute atomic E-state index is 0.131. The lowest BCUT2D eigenvalue weighted by molar-refractivity contribution is 0.0912. The molecular formula is C17H21N3O2. The van der Waals surface area contributed by atoms with Crippen molar-refractivity contribution >= 4 is 5.91 Å². The van der Waals surface area contributed by atoms with Crippen LogP contribution in [0.25, 0.3) is 0 Å². The average molecular weight is 299 g/mol. The molecule has 5 nitrogen and oxygen atoms in total. The van der Waals surface area contributed by atoms with Crippen LogP contribution in [0.2, 0.25) is 0 Å². The van der Waals surface area contributed by atoms with E-state index in [0.29, 0.717) is 17.8 Å². The predicted octanol–water partition coefficient (Wildman–Crippen LogP) is 1.61. The van der Waals surface area contributed by atoms with E-state index >= 15 is 0 Å². The van der Waals surface area contributed by atoms with Crippen molar-refractivity contribution in [2.24, 2.45) is 0 Å². The van der Waals surface area contributed by atoms with E-state index in [2.05, 4.69) is 10.3 Å². The molecule has 0 spiro atoms.